The fourth-order valence-corrected chi connectivity index (χ4v) is 3.60. The Bertz CT molecular complexity index is 705. The van der Waals surface area contributed by atoms with Crippen LogP contribution < -0.4 is 5.32 Å². The molecule has 3 saturated heterocycles. The van der Waals surface area contributed by atoms with Crippen LogP contribution in [0.25, 0.3) is 11.5 Å². The Hall–Kier alpha value is -1.85. The molecule has 2 aromatic heterocycles. The molecule has 5 heterocycles. The Morgan fingerprint density at radius 1 is 1.26 bits per heavy atom. The van der Waals surface area contributed by atoms with Gasteiger partial charge in [0.05, 0.1) is 5.02 Å². The molecule has 5 rings (SSSR count). The van der Waals surface area contributed by atoms with Crippen molar-refractivity contribution in [2.24, 2.45) is 5.92 Å². The topological polar surface area (TPSA) is 58.4 Å². The molecule has 2 bridgehead atoms. The molecular weight excluding hydrogens is 314 g/mol. The van der Waals surface area contributed by atoms with E-state index in [-0.39, 0.29) is 11.9 Å². The number of furan rings is 1. The maximum Gasteiger partial charge on any atom is 0.287 e. The van der Waals surface area contributed by atoms with Crippen LogP contribution in [0, 0.1) is 5.92 Å². The normalized spacial score (nSPS) is 26.2. The summed E-state index contributed by atoms with van der Waals surface area (Å²) < 4.78 is 5.66. The van der Waals surface area contributed by atoms with Gasteiger partial charge in [0.1, 0.15) is 5.69 Å². The van der Waals surface area contributed by atoms with E-state index < -0.39 is 0 Å². The second-order valence-corrected chi connectivity index (χ2v) is 6.68. The maximum atomic E-state index is 12.4. The molecule has 3 aliphatic heterocycles. The number of amides is 1. The van der Waals surface area contributed by atoms with Gasteiger partial charge in [-0.25, -0.2) is 0 Å². The minimum absolute atomic E-state index is 0.149. The highest BCUT2D eigenvalue weighted by Crippen LogP contribution is 2.28. The van der Waals surface area contributed by atoms with E-state index >= 15 is 0 Å². The highest BCUT2D eigenvalue weighted by molar-refractivity contribution is 6.30. The number of fused-ring (bicyclic) bond motifs is 3. The minimum atomic E-state index is -0.149. The van der Waals surface area contributed by atoms with E-state index in [1.54, 1.807) is 30.5 Å². The van der Waals surface area contributed by atoms with E-state index in [4.69, 9.17) is 16.0 Å². The van der Waals surface area contributed by atoms with E-state index in [0.29, 0.717) is 28.2 Å². The van der Waals surface area contributed by atoms with Crippen molar-refractivity contribution in [3.05, 3.63) is 41.2 Å². The Morgan fingerprint density at radius 2 is 2.09 bits per heavy atom. The summed E-state index contributed by atoms with van der Waals surface area (Å²) in [5.74, 6) is 1.34. The molecule has 6 heteroatoms. The fourth-order valence-electron chi connectivity index (χ4n) is 3.49. The number of nitrogens with zero attached hydrogens (tertiary/aromatic N) is 2. The SMILES string of the molecule is O=C(N[C@H]1CN2CCC1CC2)c1ccc(-c2ccc(Cl)cn2)o1. The molecule has 23 heavy (non-hydrogen) atoms. The molecule has 1 atom stereocenters. The molecule has 1 N–H and O–H groups in total. The lowest BCUT2D eigenvalue weighted by atomic mass is 9.84. The fraction of sp³-hybridized carbons (Fsp3) is 0.412. The molecule has 3 aliphatic rings. The number of pyridine rings is 1. The van der Waals surface area contributed by atoms with Crippen LogP contribution >= 0.6 is 11.6 Å². The highest BCUT2D eigenvalue weighted by atomic mass is 35.5. The van der Waals surface area contributed by atoms with Gasteiger partial charge in [-0.2, -0.15) is 0 Å². The summed E-state index contributed by atoms with van der Waals surface area (Å²) in [5, 5.41) is 3.69. The quantitative estimate of drug-likeness (QED) is 0.939. The molecule has 0 saturated carbocycles. The lowest BCUT2D eigenvalue weighted by molar-refractivity contribution is 0.0606. The average molecular weight is 332 g/mol. The minimum Gasteiger partial charge on any atom is -0.449 e. The Morgan fingerprint density at radius 3 is 2.74 bits per heavy atom. The number of piperidine rings is 3. The zero-order valence-electron chi connectivity index (χ0n) is 12.7. The first kappa shape index (κ1) is 14.7. The third-order valence-corrected chi connectivity index (χ3v) is 5.01. The summed E-state index contributed by atoms with van der Waals surface area (Å²) in [6, 6.07) is 7.21. The molecule has 1 amide bonds. The molecule has 3 fully saturated rings. The van der Waals surface area contributed by atoms with E-state index in [1.807, 2.05) is 0 Å². The highest BCUT2D eigenvalue weighted by Gasteiger charge is 2.35. The third-order valence-electron chi connectivity index (χ3n) is 4.78. The standard InChI is InChI=1S/C17H18ClN3O2/c18-12-1-2-13(19-9-12)15-3-4-16(23-15)17(22)20-14-10-21-7-5-11(14)6-8-21/h1-4,9,11,14H,5-8,10H2,(H,20,22)/t14-/m0/s1. The van der Waals surface area contributed by atoms with Crippen LogP contribution in [0.1, 0.15) is 23.4 Å². The second-order valence-electron chi connectivity index (χ2n) is 6.24. The van der Waals surface area contributed by atoms with Gasteiger partial charge in [-0.3, -0.25) is 9.78 Å². The van der Waals surface area contributed by atoms with Crippen molar-refractivity contribution in [1.29, 1.82) is 0 Å². The number of halogens is 1. The first-order valence-corrected chi connectivity index (χ1v) is 8.32. The molecule has 0 aliphatic carbocycles. The first-order chi connectivity index (χ1) is 11.2. The van der Waals surface area contributed by atoms with Gasteiger partial charge in [0.2, 0.25) is 0 Å². The van der Waals surface area contributed by atoms with Crippen LogP contribution in [0.4, 0.5) is 0 Å². The van der Waals surface area contributed by atoms with Gasteiger partial charge in [-0.05, 0) is 56.1 Å². The number of rotatable bonds is 3. The molecule has 0 aromatic carbocycles. The summed E-state index contributed by atoms with van der Waals surface area (Å²) in [4.78, 5) is 19.0. The monoisotopic (exact) mass is 331 g/mol. The van der Waals surface area contributed by atoms with Gasteiger partial charge in [-0.15, -0.1) is 0 Å². The van der Waals surface area contributed by atoms with Crippen molar-refractivity contribution in [2.45, 2.75) is 18.9 Å². The Labute approximate surface area is 139 Å². The Kier molecular flexibility index (Phi) is 3.83. The molecular formula is C17H18ClN3O2. The van der Waals surface area contributed by atoms with Gasteiger partial charge in [0.25, 0.3) is 5.91 Å². The van der Waals surface area contributed by atoms with Crippen molar-refractivity contribution < 1.29 is 9.21 Å². The number of carbonyl (C=O) groups excluding carboxylic acids is 1. The first-order valence-electron chi connectivity index (χ1n) is 7.94. The second kappa shape index (κ2) is 5.98. The van der Waals surface area contributed by atoms with Gasteiger partial charge in [-0.1, -0.05) is 11.6 Å². The van der Waals surface area contributed by atoms with Crippen molar-refractivity contribution in [3.63, 3.8) is 0 Å². The molecule has 0 radical (unpaired) electrons. The largest absolute Gasteiger partial charge is 0.449 e. The summed E-state index contributed by atoms with van der Waals surface area (Å²) in [5.41, 5.74) is 0.663. The maximum absolute atomic E-state index is 12.4. The lowest BCUT2D eigenvalue weighted by Crippen LogP contribution is -2.57. The van der Waals surface area contributed by atoms with Gasteiger partial charge in [0.15, 0.2) is 11.5 Å². The lowest BCUT2D eigenvalue weighted by Gasteiger charge is -2.44. The predicted octanol–water partition coefficient (Wildman–Crippen LogP) is 2.82. The number of aromatic nitrogens is 1. The molecule has 5 nitrogen and oxygen atoms in total. The predicted molar refractivity (Wildman–Crippen MR) is 87.4 cm³/mol. The van der Waals surface area contributed by atoms with Crippen molar-refractivity contribution >= 4 is 17.5 Å². The zero-order chi connectivity index (χ0) is 15.8. The number of hydrogen-bond donors (Lipinski definition) is 1. The van der Waals surface area contributed by atoms with E-state index in [9.17, 15) is 4.79 Å². The molecule has 2 aromatic rings. The van der Waals surface area contributed by atoms with Gasteiger partial charge in [0, 0.05) is 18.8 Å². The molecule has 120 valence electrons. The van der Waals surface area contributed by atoms with Crippen LogP contribution in [0.2, 0.25) is 5.02 Å². The number of nitrogens with one attached hydrogen (secondary N) is 1. The average Bonchev–Trinajstić information content (AvgIpc) is 3.07. The van der Waals surface area contributed by atoms with Crippen LogP contribution in [0.3, 0.4) is 0 Å². The van der Waals surface area contributed by atoms with E-state index in [1.165, 1.54) is 12.8 Å². The summed E-state index contributed by atoms with van der Waals surface area (Å²) >= 11 is 5.83. The summed E-state index contributed by atoms with van der Waals surface area (Å²) in [6.45, 7) is 3.26. The van der Waals surface area contributed by atoms with Gasteiger partial charge >= 0.3 is 0 Å². The van der Waals surface area contributed by atoms with Crippen molar-refractivity contribution in [2.75, 3.05) is 19.6 Å². The third kappa shape index (κ3) is 2.99. The smallest absolute Gasteiger partial charge is 0.287 e. The molecule has 0 unspecified atom stereocenters. The molecule has 0 spiro atoms. The van der Waals surface area contributed by atoms with Crippen molar-refractivity contribution in [1.82, 2.24) is 15.2 Å². The van der Waals surface area contributed by atoms with Crippen LogP contribution in [0.5, 0.6) is 0 Å². The number of carbonyl (C=O) groups is 1. The van der Waals surface area contributed by atoms with Crippen LogP contribution in [0.15, 0.2) is 34.9 Å². The van der Waals surface area contributed by atoms with Crippen LogP contribution in [-0.4, -0.2) is 41.5 Å². The Balaban J connectivity index is 1.46. The zero-order valence-corrected chi connectivity index (χ0v) is 13.4. The van der Waals surface area contributed by atoms with Crippen molar-refractivity contribution in [3.8, 4) is 11.5 Å². The summed E-state index contributed by atoms with van der Waals surface area (Å²) in [6.07, 6.45) is 3.90. The van der Waals surface area contributed by atoms with Crippen LogP contribution in [-0.2, 0) is 0 Å². The van der Waals surface area contributed by atoms with E-state index in [2.05, 4.69) is 15.2 Å². The van der Waals surface area contributed by atoms with E-state index in [0.717, 1.165) is 19.6 Å². The number of hydrogen-bond acceptors (Lipinski definition) is 4. The summed E-state index contributed by atoms with van der Waals surface area (Å²) in [7, 11) is 0. The van der Waals surface area contributed by atoms with Gasteiger partial charge < -0.3 is 14.6 Å².